The summed E-state index contributed by atoms with van der Waals surface area (Å²) in [4.78, 5) is 13.7. The van der Waals surface area contributed by atoms with Crippen LogP contribution in [0.4, 0.5) is 4.39 Å². The zero-order valence-corrected chi connectivity index (χ0v) is 13.1. The van der Waals surface area contributed by atoms with Gasteiger partial charge in [-0.15, -0.1) is 23.1 Å². The highest BCUT2D eigenvalue weighted by Crippen LogP contribution is 2.18. The number of carbonyl (C=O) groups is 1. The van der Waals surface area contributed by atoms with E-state index in [1.807, 2.05) is 23.6 Å². The third-order valence-electron chi connectivity index (χ3n) is 2.64. The van der Waals surface area contributed by atoms with E-state index in [9.17, 15) is 9.18 Å². The number of carbonyl (C=O) groups excluding carboxylic acids is 1. The fourth-order valence-electron chi connectivity index (χ4n) is 1.61. The van der Waals surface area contributed by atoms with Crippen LogP contribution in [-0.2, 0) is 4.79 Å². The van der Waals surface area contributed by atoms with Gasteiger partial charge >= 0.3 is 0 Å². The van der Waals surface area contributed by atoms with Gasteiger partial charge in [-0.1, -0.05) is 6.07 Å². The highest BCUT2D eigenvalue weighted by atomic mass is 32.2. The molecule has 1 aromatic heterocycles. The second-order valence-electron chi connectivity index (χ2n) is 4.30. The molecule has 1 aromatic carbocycles. The third kappa shape index (κ3) is 6.14. The van der Waals surface area contributed by atoms with E-state index in [2.05, 4.69) is 5.32 Å². The van der Waals surface area contributed by atoms with Gasteiger partial charge in [-0.05, 0) is 54.0 Å². The summed E-state index contributed by atoms with van der Waals surface area (Å²) in [6.07, 6.45) is 4.24. The number of halogens is 1. The van der Waals surface area contributed by atoms with Crippen LogP contribution in [0.5, 0.6) is 0 Å². The van der Waals surface area contributed by atoms with Crippen LogP contribution in [0.2, 0.25) is 0 Å². The fourth-order valence-corrected chi connectivity index (χ4v) is 3.08. The average molecular weight is 321 g/mol. The summed E-state index contributed by atoms with van der Waals surface area (Å²) >= 11 is 3.26. The second kappa shape index (κ2) is 8.64. The lowest BCUT2D eigenvalue weighted by Crippen LogP contribution is -2.22. The van der Waals surface area contributed by atoms with Crippen molar-refractivity contribution in [1.82, 2.24) is 5.32 Å². The number of nitrogens with one attached hydrogen (secondary N) is 1. The Kier molecular flexibility index (Phi) is 6.50. The molecule has 0 saturated heterocycles. The Hall–Kier alpha value is -1.59. The van der Waals surface area contributed by atoms with Gasteiger partial charge in [0.25, 0.3) is 0 Å². The second-order valence-corrected chi connectivity index (χ2v) is 6.44. The first-order valence-electron chi connectivity index (χ1n) is 6.62. The first-order chi connectivity index (χ1) is 10.2. The van der Waals surface area contributed by atoms with E-state index in [1.165, 1.54) is 12.1 Å². The first-order valence-corrected chi connectivity index (χ1v) is 8.48. The highest BCUT2D eigenvalue weighted by Gasteiger charge is 1.97. The monoisotopic (exact) mass is 321 g/mol. The summed E-state index contributed by atoms with van der Waals surface area (Å²) in [6.45, 7) is 0.641. The maximum Gasteiger partial charge on any atom is 0.244 e. The predicted octanol–water partition coefficient (Wildman–Crippen LogP) is 4.20. The average Bonchev–Trinajstić information content (AvgIpc) is 3.00. The van der Waals surface area contributed by atoms with Crippen LogP contribution in [0, 0.1) is 5.82 Å². The molecule has 1 heterocycles. The Labute approximate surface area is 132 Å². The van der Waals surface area contributed by atoms with Gasteiger partial charge in [-0.2, -0.15) is 0 Å². The number of thiophene rings is 1. The molecule has 21 heavy (non-hydrogen) atoms. The topological polar surface area (TPSA) is 29.1 Å². The van der Waals surface area contributed by atoms with Crippen LogP contribution in [0.1, 0.15) is 11.3 Å². The molecule has 110 valence electrons. The number of thioether (sulfide) groups is 1. The lowest BCUT2D eigenvalue weighted by molar-refractivity contribution is -0.116. The Balaban J connectivity index is 1.59. The molecule has 0 fully saturated rings. The number of hydrogen-bond acceptors (Lipinski definition) is 3. The van der Waals surface area contributed by atoms with Crippen molar-refractivity contribution in [1.29, 1.82) is 0 Å². The van der Waals surface area contributed by atoms with Gasteiger partial charge in [0.1, 0.15) is 5.82 Å². The standard InChI is InChI=1S/C16H16FNOS2/c17-13-4-6-15(7-5-13)21-12-2-10-18-16(19)9-8-14-3-1-11-20-14/h1,3-9,11H,2,10,12H2,(H,18,19)/b9-8+. The molecule has 0 radical (unpaired) electrons. The maximum absolute atomic E-state index is 12.7. The number of amides is 1. The number of rotatable bonds is 7. The van der Waals surface area contributed by atoms with Gasteiger partial charge in [0.05, 0.1) is 0 Å². The predicted molar refractivity (Wildman–Crippen MR) is 88.1 cm³/mol. The van der Waals surface area contributed by atoms with E-state index in [0.717, 1.165) is 21.9 Å². The molecular weight excluding hydrogens is 305 g/mol. The van der Waals surface area contributed by atoms with E-state index < -0.39 is 0 Å². The summed E-state index contributed by atoms with van der Waals surface area (Å²) in [5, 5.41) is 4.82. The Morgan fingerprint density at radius 2 is 2.10 bits per heavy atom. The van der Waals surface area contributed by atoms with Gasteiger partial charge < -0.3 is 5.32 Å². The van der Waals surface area contributed by atoms with E-state index in [1.54, 1.807) is 41.3 Å². The highest BCUT2D eigenvalue weighted by molar-refractivity contribution is 7.99. The van der Waals surface area contributed by atoms with Gasteiger partial charge in [0.15, 0.2) is 0 Å². The molecule has 1 N–H and O–H groups in total. The summed E-state index contributed by atoms with van der Waals surface area (Å²) in [5.74, 6) is 0.597. The summed E-state index contributed by atoms with van der Waals surface area (Å²) in [5.41, 5.74) is 0. The zero-order chi connectivity index (χ0) is 14.9. The Morgan fingerprint density at radius 1 is 1.29 bits per heavy atom. The molecule has 0 unspecified atom stereocenters. The van der Waals surface area contributed by atoms with Gasteiger partial charge in [-0.25, -0.2) is 4.39 Å². The minimum atomic E-state index is -0.218. The summed E-state index contributed by atoms with van der Waals surface area (Å²) < 4.78 is 12.7. The molecular formula is C16H16FNOS2. The normalized spacial score (nSPS) is 10.9. The Morgan fingerprint density at radius 3 is 2.81 bits per heavy atom. The first kappa shape index (κ1) is 15.8. The molecule has 2 aromatic rings. The van der Waals surface area contributed by atoms with Gasteiger partial charge in [-0.3, -0.25) is 4.79 Å². The Bertz CT molecular complexity index is 579. The molecule has 5 heteroatoms. The maximum atomic E-state index is 12.7. The molecule has 0 spiro atoms. The molecule has 0 aliphatic rings. The molecule has 2 rings (SSSR count). The SMILES string of the molecule is O=C(/C=C/c1cccs1)NCCCSc1ccc(F)cc1. The molecule has 0 bridgehead atoms. The summed E-state index contributed by atoms with van der Waals surface area (Å²) in [6, 6.07) is 10.4. The minimum Gasteiger partial charge on any atom is -0.353 e. The largest absolute Gasteiger partial charge is 0.353 e. The van der Waals surface area contributed by atoms with Gasteiger partial charge in [0, 0.05) is 22.4 Å². The molecule has 2 nitrogen and oxygen atoms in total. The lowest BCUT2D eigenvalue weighted by atomic mass is 10.3. The lowest BCUT2D eigenvalue weighted by Gasteiger charge is -2.03. The quantitative estimate of drug-likeness (QED) is 0.470. The molecule has 0 aliphatic heterocycles. The number of hydrogen-bond donors (Lipinski definition) is 1. The van der Waals surface area contributed by atoms with Crippen LogP contribution in [0.25, 0.3) is 6.08 Å². The van der Waals surface area contributed by atoms with Crippen molar-refractivity contribution in [2.45, 2.75) is 11.3 Å². The fraction of sp³-hybridized carbons (Fsp3) is 0.188. The van der Waals surface area contributed by atoms with Crippen molar-refractivity contribution in [3.8, 4) is 0 Å². The van der Waals surface area contributed by atoms with E-state index in [4.69, 9.17) is 0 Å². The van der Waals surface area contributed by atoms with Crippen LogP contribution in [-0.4, -0.2) is 18.2 Å². The van der Waals surface area contributed by atoms with E-state index in [-0.39, 0.29) is 11.7 Å². The minimum absolute atomic E-state index is 0.0739. The van der Waals surface area contributed by atoms with Crippen molar-refractivity contribution in [2.75, 3.05) is 12.3 Å². The van der Waals surface area contributed by atoms with E-state index >= 15 is 0 Å². The van der Waals surface area contributed by atoms with Crippen molar-refractivity contribution in [3.05, 3.63) is 58.5 Å². The van der Waals surface area contributed by atoms with Crippen molar-refractivity contribution in [3.63, 3.8) is 0 Å². The molecule has 0 atom stereocenters. The van der Waals surface area contributed by atoms with Gasteiger partial charge in [0.2, 0.25) is 5.91 Å². The van der Waals surface area contributed by atoms with Crippen LogP contribution < -0.4 is 5.32 Å². The third-order valence-corrected chi connectivity index (χ3v) is 4.58. The molecule has 0 saturated carbocycles. The van der Waals surface area contributed by atoms with Crippen LogP contribution >= 0.6 is 23.1 Å². The number of benzene rings is 1. The smallest absolute Gasteiger partial charge is 0.244 e. The molecule has 1 amide bonds. The van der Waals surface area contributed by atoms with Crippen molar-refractivity contribution in [2.24, 2.45) is 0 Å². The van der Waals surface area contributed by atoms with Crippen LogP contribution in [0.3, 0.4) is 0 Å². The molecule has 0 aliphatic carbocycles. The summed E-state index contributed by atoms with van der Waals surface area (Å²) in [7, 11) is 0. The van der Waals surface area contributed by atoms with Crippen LogP contribution in [0.15, 0.2) is 52.7 Å². The van der Waals surface area contributed by atoms with Crippen molar-refractivity contribution < 1.29 is 9.18 Å². The van der Waals surface area contributed by atoms with E-state index in [0.29, 0.717) is 6.54 Å². The van der Waals surface area contributed by atoms with Crippen molar-refractivity contribution >= 4 is 35.1 Å². The zero-order valence-electron chi connectivity index (χ0n) is 11.4.